The van der Waals surface area contributed by atoms with E-state index >= 15 is 0 Å². The van der Waals surface area contributed by atoms with E-state index in [1.54, 1.807) is 12.4 Å². The van der Waals surface area contributed by atoms with Gasteiger partial charge in [-0.3, -0.25) is 0 Å². The molecule has 0 amide bonds. The zero-order chi connectivity index (χ0) is 15.6. The smallest absolute Gasteiger partial charge is 0.753 e. The van der Waals surface area contributed by atoms with Crippen molar-refractivity contribution in [2.75, 3.05) is 0 Å². The number of rotatable bonds is 0. The van der Waals surface area contributed by atoms with E-state index in [9.17, 15) is 0 Å². The number of hydrogen-bond donors (Lipinski definition) is 0. The first-order valence-electron chi connectivity index (χ1n) is 4.77. The third-order valence-corrected chi connectivity index (χ3v) is 2.20. The van der Waals surface area contributed by atoms with Crippen LogP contribution in [0.15, 0.2) is 58.0 Å². The molecule has 0 unspecified atom stereocenters. The fraction of sp³-hybridized carbons (Fsp3) is 0. The number of halogens is 2. The van der Waals surface area contributed by atoms with Crippen molar-refractivity contribution in [1.29, 1.82) is 0 Å². The van der Waals surface area contributed by atoms with E-state index < -0.39 is 0 Å². The van der Waals surface area contributed by atoms with Crippen LogP contribution in [0.1, 0.15) is 0 Å². The number of pyridine rings is 2. The van der Waals surface area contributed by atoms with E-state index in [2.05, 4.69) is 66.3 Å². The summed E-state index contributed by atoms with van der Waals surface area (Å²) in [4.78, 5) is 7.79. The molecule has 21 heavy (non-hydrogen) atoms. The van der Waals surface area contributed by atoms with Gasteiger partial charge in [-0.25, -0.2) is 9.97 Å². The van der Waals surface area contributed by atoms with Crippen LogP contribution in [0.5, 0.6) is 0 Å². The molecule has 0 aliphatic heterocycles. The molecule has 0 fully saturated rings. The minimum Gasteiger partial charge on any atom is -0.753 e. The monoisotopic (exact) mass is 494 g/mol. The molecule has 104 valence electrons. The molecular formula is C12H8Br2N4S2Zn. The van der Waals surface area contributed by atoms with Gasteiger partial charge in [0.15, 0.2) is 0 Å². The van der Waals surface area contributed by atoms with Crippen molar-refractivity contribution in [2.24, 2.45) is 0 Å². The second-order valence-corrected chi connectivity index (χ2v) is 4.48. The Morgan fingerprint density at radius 1 is 0.810 bits per heavy atom. The summed E-state index contributed by atoms with van der Waals surface area (Å²) < 4.78 is 1.77. The molecule has 2 rings (SSSR count). The molecule has 2 aromatic heterocycles. The predicted octanol–water partition coefficient (Wildman–Crippen LogP) is 5.00. The van der Waals surface area contributed by atoms with Crippen molar-refractivity contribution in [2.45, 2.75) is 0 Å². The third kappa shape index (κ3) is 24.8. The topological polar surface area (TPSA) is 70.4 Å². The summed E-state index contributed by atoms with van der Waals surface area (Å²) in [6.45, 7) is 0. The molecule has 0 spiro atoms. The first-order valence-corrected chi connectivity index (χ1v) is 7.18. The molecule has 0 saturated heterocycles. The van der Waals surface area contributed by atoms with Crippen molar-refractivity contribution >= 4 is 66.6 Å². The summed E-state index contributed by atoms with van der Waals surface area (Å²) in [5.41, 5.74) is 0. The van der Waals surface area contributed by atoms with Crippen LogP contribution in [0.3, 0.4) is 0 Å². The summed E-state index contributed by atoms with van der Waals surface area (Å²) in [6.07, 6.45) is 3.48. The van der Waals surface area contributed by atoms with Crippen LogP contribution < -0.4 is 0 Å². The molecule has 0 bridgehead atoms. The summed E-state index contributed by atoms with van der Waals surface area (Å²) in [5, 5.41) is 16.9. The first kappa shape index (κ1) is 25.4. The maximum Gasteiger partial charge on any atom is 2.00 e. The molecule has 2 heterocycles. The average Bonchev–Trinajstić information content (AvgIpc) is 2.43. The molecule has 0 aliphatic carbocycles. The fourth-order valence-corrected chi connectivity index (χ4v) is 1.23. The Balaban J connectivity index is -0.000000220. The Bertz CT molecular complexity index is 468. The molecule has 4 nitrogen and oxygen atoms in total. The van der Waals surface area contributed by atoms with E-state index in [4.69, 9.17) is 10.8 Å². The second kappa shape index (κ2) is 21.8. The Hall–Kier alpha value is -0.517. The Labute approximate surface area is 163 Å². The summed E-state index contributed by atoms with van der Waals surface area (Å²) in [7, 11) is 0. The quantitative estimate of drug-likeness (QED) is 0.222. The summed E-state index contributed by atoms with van der Waals surface area (Å²) in [5.74, 6) is 0. The van der Waals surface area contributed by atoms with Gasteiger partial charge in [-0.15, -0.1) is 0 Å². The van der Waals surface area contributed by atoms with Gasteiger partial charge in [0.25, 0.3) is 0 Å². The average molecular weight is 498 g/mol. The minimum atomic E-state index is 0. The van der Waals surface area contributed by atoms with Gasteiger partial charge in [-0.05, 0) is 56.1 Å². The van der Waals surface area contributed by atoms with Gasteiger partial charge in [0.1, 0.15) is 9.21 Å². The Morgan fingerprint density at radius 2 is 1.10 bits per heavy atom. The SMILES string of the molecule is Brc1ccccn1.Brc1ccccn1.[N-]=C=S.[N-]=C=S.[Zn+2]. The van der Waals surface area contributed by atoms with Crippen LogP contribution >= 0.6 is 56.3 Å². The Kier molecular flexibility index (Phi) is 26.4. The van der Waals surface area contributed by atoms with Crippen molar-refractivity contribution in [3.8, 4) is 0 Å². The molecule has 0 radical (unpaired) electrons. The number of nitrogens with zero attached hydrogens (tertiary/aromatic N) is 4. The third-order valence-electron chi connectivity index (χ3n) is 1.26. The normalized spacial score (nSPS) is 6.57. The summed E-state index contributed by atoms with van der Waals surface area (Å²) >= 11 is 13.8. The van der Waals surface area contributed by atoms with E-state index in [1.807, 2.05) is 36.4 Å². The van der Waals surface area contributed by atoms with Crippen LogP contribution in [0.4, 0.5) is 0 Å². The summed E-state index contributed by atoms with van der Waals surface area (Å²) in [6, 6.07) is 11.4. The molecule has 0 atom stereocenters. The van der Waals surface area contributed by atoms with Gasteiger partial charge in [-0.2, -0.15) is 10.3 Å². The molecule has 0 N–H and O–H groups in total. The predicted molar refractivity (Wildman–Crippen MR) is 95.8 cm³/mol. The van der Waals surface area contributed by atoms with Gasteiger partial charge in [0, 0.05) is 12.4 Å². The van der Waals surface area contributed by atoms with Crippen molar-refractivity contribution in [3.63, 3.8) is 0 Å². The number of hydrogen-bond acceptors (Lipinski definition) is 4. The molecule has 0 aliphatic rings. The zero-order valence-electron chi connectivity index (χ0n) is 10.7. The van der Waals surface area contributed by atoms with Crippen LogP contribution in [0.25, 0.3) is 10.8 Å². The molecular weight excluding hydrogens is 489 g/mol. The van der Waals surface area contributed by atoms with Crippen LogP contribution in [-0.4, -0.2) is 20.3 Å². The second-order valence-electron chi connectivity index (χ2n) is 2.49. The first-order chi connectivity index (χ1) is 9.62. The largest absolute Gasteiger partial charge is 2.00 e. The fourth-order valence-electron chi connectivity index (χ4n) is 0.684. The molecule has 9 heteroatoms. The van der Waals surface area contributed by atoms with Crippen LogP contribution in [0.2, 0.25) is 0 Å². The van der Waals surface area contributed by atoms with Crippen molar-refractivity contribution in [1.82, 2.24) is 9.97 Å². The minimum absolute atomic E-state index is 0. The molecule has 0 saturated carbocycles. The number of aromatic nitrogens is 2. The molecule has 2 aromatic rings. The van der Waals surface area contributed by atoms with Crippen LogP contribution in [-0.2, 0) is 19.5 Å². The van der Waals surface area contributed by atoms with Gasteiger partial charge in [0.2, 0.25) is 0 Å². The number of isothiocyanates is 2. The van der Waals surface area contributed by atoms with E-state index in [-0.39, 0.29) is 19.5 Å². The number of thiocarbonyl (C=S) groups is 2. The maximum absolute atomic E-state index is 7.13. The van der Waals surface area contributed by atoms with E-state index in [0.717, 1.165) is 9.21 Å². The van der Waals surface area contributed by atoms with Crippen molar-refractivity contribution in [3.05, 3.63) is 68.8 Å². The van der Waals surface area contributed by atoms with Crippen LogP contribution in [0, 0.1) is 0 Å². The van der Waals surface area contributed by atoms with E-state index in [0.29, 0.717) is 0 Å². The van der Waals surface area contributed by atoms with Crippen molar-refractivity contribution < 1.29 is 19.5 Å². The molecule has 0 aromatic carbocycles. The van der Waals surface area contributed by atoms with Gasteiger partial charge in [0.05, 0.1) is 0 Å². The van der Waals surface area contributed by atoms with Gasteiger partial charge < -0.3 is 10.8 Å². The van der Waals surface area contributed by atoms with Gasteiger partial charge >= 0.3 is 19.5 Å². The maximum atomic E-state index is 7.13. The van der Waals surface area contributed by atoms with E-state index in [1.165, 1.54) is 10.3 Å². The zero-order valence-corrected chi connectivity index (χ0v) is 18.5. The Morgan fingerprint density at radius 3 is 1.19 bits per heavy atom. The van der Waals surface area contributed by atoms with Gasteiger partial charge in [-0.1, -0.05) is 36.6 Å². The standard InChI is InChI=1S/2C5H4BrN.2CNS.Zn/c2*6-5-3-1-2-4-7-5;2*2-1-3;/h2*1-4H;;;/q;;2*-1;+2.